The third kappa shape index (κ3) is 5.62. The lowest BCUT2D eigenvalue weighted by molar-refractivity contribution is -0.148. The van der Waals surface area contributed by atoms with Crippen molar-refractivity contribution in [1.29, 1.82) is 0 Å². The van der Waals surface area contributed by atoms with E-state index < -0.39 is 6.04 Å². The van der Waals surface area contributed by atoms with Gasteiger partial charge < -0.3 is 14.3 Å². The van der Waals surface area contributed by atoms with E-state index in [1.54, 1.807) is 16.2 Å². The van der Waals surface area contributed by atoms with Crippen molar-refractivity contribution in [3.8, 4) is 10.7 Å². The van der Waals surface area contributed by atoms with Crippen LogP contribution in [0.25, 0.3) is 10.7 Å². The molecule has 3 aromatic rings. The number of rotatable bonds is 8. The van der Waals surface area contributed by atoms with Crippen molar-refractivity contribution < 1.29 is 14.1 Å². The first-order valence-corrected chi connectivity index (χ1v) is 13.3. The second kappa shape index (κ2) is 11.1. The molecule has 0 bridgehead atoms. The number of hydrogen-bond acceptors (Lipinski definition) is 7. The van der Waals surface area contributed by atoms with Gasteiger partial charge in [-0.25, -0.2) is 0 Å². The van der Waals surface area contributed by atoms with Crippen molar-refractivity contribution in [3.05, 3.63) is 59.3 Å². The Morgan fingerprint density at radius 1 is 1.03 bits per heavy atom. The fourth-order valence-corrected chi connectivity index (χ4v) is 5.52. The molecule has 0 radical (unpaired) electrons. The molecule has 0 aliphatic carbocycles. The zero-order chi connectivity index (χ0) is 24.0. The highest BCUT2D eigenvalue weighted by Crippen LogP contribution is 2.28. The van der Waals surface area contributed by atoms with Crippen LogP contribution in [0.15, 0.2) is 52.4 Å². The smallest absolute Gasteiger partial charge is 0.250 e. The second-order valence-electron chi connectivity index (χ2n) is 9.12. The lowest BCUT2D eigenvalue weighted by atomic mass is 9.99. The quantitative estimate of drug-likeness (QED) is 0.477. The SMILES string of the molecule is O=C(C(c1ccccc1)N1CCCCC1=O)N1CCN(CCCc2nc(-c3cccs3)no2)CC1. The van der Waals surface area contributed by atoms with Gasteiger partial charge in [0.15, 0.2) is 0 Å². The summed E-state index contributed by atoms with van der Waals surface area (Å²) < 4.78 is 5.40. The van der Waals surface area contributed by atoms with Gasteiger partial charge in [0.25, 0.3) is 0 Å². The highest BCUT2D eigenvalue weighted by molar-refractivity contribution is 7.13. The number of carbonyl (C=O) groups is 2. The van der Waals surface area contributed by atoms with Crippen LogP contribution in [0.5, 0.6) is 0 Å². The molecule has 1 unspecified atom stereocenters. The minimum Gasteiger partial charge on any atom is -0.339 e. The first kappa shape index (κ1) is 23.7. The van der Waals surface area contributed by atoms with Crippen molar-refractivity contribution in [1.82, 2.24) is 24.8 Å². The van der Waals surface area contributed by atoms with Crippen molar-refractivity contribution in [3.63, 3.8) is 0 Å². The van der Waals surface area contributed by atoms with Gasteiger partial charge >= 0.3 is 0 Å². The van der Waals surface area contributed by atoms with Crippen LogP contribution in [0.3, 0.4) is 0 Å². The molecule has 2 aliphatic heterocycles. The first-order chi connectivity index (χ1) is 17.2. The summed E-state index contributed by atoms with van der Waals surface area (Å²) >= 11 is 1.60. The number of thiophene rings is 1. The second-order valence-corrected chi connectivity index (χ2v) is 10.1. The van der Waals surface area contributed by atoms with Crippen molar-refractivity contribution in [2.75, 3.05) is 39.3 Å². The van der Waals surface area contributed by atoms with Crippen molar-refractivity contribution in [2.24, 2.45) is 0 Å². The predicted octanol–water partition coefficient (Wildman–Crippen LogP) is 3.63. The lowest BCUT2D eigenvalue weighted by Gasteiger charge is -2.40. The molecule has 0 saturated carbocycles. The lowest BCUT2D eigenvalue weighted by Crippen LogP contribution is -2.53. The van der Waals surface area contributed by atoms with Crippen molar-refractivity contribution >= 4 is 23.2 Å². The average molecular weight is 494 g/mol. The van der Waals surface area contributed by atoms with Crippen molar-refractivity contribution in [2.45, 2.75) is 38.1 Å². The molecule has 35 heavy (non-hydrogen) atoms. The minimum absolute atomic E-state index is 0.0399. The van der Waals surface area contributed by atoms with Gasteiger partial charge in [0.05, 0.1) is 4.88 Å². The molecule has 8 nitrogen and oxygen atoms in total. The molecule has 2 aromatic heterocycles. The number of carbonyl (C=O) groups excluding carboxylic acids is 2. The number of piperidine rings is 1. The van der Waals surface area contributed by atoms with Crippen LogP contribution in [0, 0.1) is 0 Å². The summed E-state index contributed by atoms with van der Waals surface area (Å²) in [5.74, 6) is 1.44. The highest BCUT2D eigenvalue weighted by atomic mass is 32.1. The fraction of sp³-hybridized carbons (Fsp3) is 0.462. The molecule has 2 saturated heterocycles. The average Bonchev–Trinajstić information content (AvgIpc) is 3.59. The fourth-order valence-electron chi connectivity index (χ4n) is 4.87. The highest BCUT2D eigenvalue weighted by Gasteiger charge is 2.36. The zero-order valence-electron chi connectivity index (χ0n) is 19.8. The molecular formula is C26H31N5O3S. The van der Waals surface area contributed by atoms with E-state index in [0.717, 1.165) is 55.8 Å². The molecule has 2 aliphatic rings. The van der Waals surface area contributed by atoms with Crippen LogP contribution >= 0.6 is 11.3 Å². The Morgan fingerprint density at radius 2 is 1.86 bits per heavy atom. The normalized spacial score (nSPS) is 18.1. The number of likely N-dealkylation sites (tertiary alicyclic amines) is 1. The Morgan fingerprint density at radius 3 is 2.60 bits per heavy atom. The molecule has 4 heterocycles. The largest absolute Gasteiger partial charge is 0.339 e. The Balaban J connectivity index is 1.14. The van der Waals surface area contributed by atoms with Gasteiger partial charge in [-0.2, -0.15) is 4.98 Å². The minimum atomic E-state index is -0.523. The number of aromatic nitrogens is 2. The summed E-state index contributed by atoms with van der Waals surface area (Å²) in [6.07, 6.45) is 4.05. The molecule has 184 valence electrons. The third-order valence-electron chi connectivity index (χ3n) is 6.78. The molecule has 1 atom stereocenters. The summed E-state index contributed by atoms with van der Waals surface area (Å²) in [7, 11) is 0. The van der Waals surface area contributed by atoms with Crippen LogP contribution in [-0.2, 0) is 16.0 Å². The molecule has 2 fully saturated rings. The van der Waals surface area contributed by atoms with Gasteiger partial charge in [0.2, 0.25) is 23.5 Å². The Kier molecular flexibility index (Phi) is 7.54. The Bertz CT molecular complexity index is 1110. The zero-order valence-corrected chi connectivity index (χ0v) is 20.7. The van der Waals surface area contributed by atoms with E-state index in [1.807, 2.05) is 52.7 Å². The van der Waals surface area contributed by atoms with E-state index in [2.05, 4.69) is 15.0 Å². The van der Waals surface area contributed by atoms with Crippen LogP contribution < -0.4 is 0 Å². The van der Waals surface area contributed by atoms with Gasteiger partial charge in [-0.15, -0.1) is 11.3 Å². The summed E-state index contributed by atoms with van der Waals surface area (Å²) in [5, 5.41) is 6.08. The van der Waals surface area contributed by atoms with E-state index in [9.17, 15) is 9.59 Å². The van der Waals surface area contributed by atoms with E-state index in [0.29, 0.717) is 37.8 Å². The van der Waals surface area contributed by atoms with Gasteiger partial charge in [-0.1, -0.05) is 41.6 Å². The molecule has 9 heteroatoms. The molecule has 1 aromatic carbocycles. The van der Waals surface area contributed by atoms with Crippen LogP contribution in [-0.4, -0.2) is 75.9 Å². The van der Waals surface area contributed by atoms with E-state index in [4.69, 9.17) is 4.52 Å². The molecule has 5 rings (SSSR count). The molecule has 0 N–H and O–H groups in total. The first-order valence-electron chi connectivity index (χ1n) is 12.4. The maximum Gasteiger partial charge on any atom is 0.250 e. The maximum absolute atomic E-state index is 13.6. The van der Waals surface area contributed by atoms with Gasteiger partial charge in [-0.05, 0) is 42.8 Å². The number of nitrogens with zero attached hydrogens (tertiary/aromatic N) is 5. The standard InChI is InChI=1S/C26H31N5O3S/c32-23-12-4-5-14-31(23)24(20-8-2-1-3-9-20)26(33)30-17-15-29(16-18-30)13-6-11-22-27-25(28-34-22)21-10-7-19-35-21/h1-3,7-10,19,24H,4-6,11-18H2. The van der Waals surface area contributed by atoms with E-state index in [1.165, 1.54) is 0 Å². The molecule has 0 spiro atoms. The van der Waals surface area contributed by atoms with Gasteiger partial charge in [-0.3, -0.25) is 14.5 Å². The number of piperazine rings is 1. The molecular weight excluding hydrogens is 462 g/mol. The predicted molar refractivity (Wildman–Crippen MR) is 134 cm³/mol. The number of benzene rings is 1. The van der Waals surface area contributed by atoms with E-state index >= 15 is 0 Å². The van der Waals surface area contributed by atoms with Crippen LogP contribution in [0.1, 0.15) is 43.2 Å². The van der Waals surface area contributed by atoms with Crippen LogP contribution in [0.4, 0.5) is 0 Å². The summed E-state index contributed by atoms with van der Waals surface area (Å²) in [5.41, 5.74) is 0.900. The Hall–Kier alpha value is -3.04. The summed E-state index contributed by atoms with van der Waals surface area (Å²) in [6, 6.07) is 13.2. The topological polar surface area (TPSA) is 82.8 Å². The number of hydrogen-bond donors (Lipinski definition) is 0. The summed E-state index contributed by atoms with van der Waals surface area (Å²) in [4.78, 5) is 37.9. The third-order valence-corrected chi connectivity index (χ3v) is 7.65. The van der Waals surface area contributed by atoms with Crippen LogP contribution in [0.2, 0.25) is 0 Å². The number of aryl methyl sites for hydroxylation is 1. The molecule has 2 amide bonds. The van der Waals surface area contributed by atoms with Gasteiger partial charge in [0, 0.05) is 45.6 Å². The number of amides is 2. The van der Waals surface area contributed by atoms with E-state index in [-0.39, 0.29) is 11.8 Å². The monoisotopic (exact) mass is 493 g/mol. The summed E-state index contributed by atoms with van der Waals surface area (Å²) in [6.45, 7) is 4.57. The Labute approximate surface area is 209 Å². The van der Waals surface area contributed by atoms with Gasteiger partial charge in [0.1, 0.15) is 6.04 Å². The maximum atomic E-state index is 13.6.